The zero-order valence-corrected chi connectivity index (χ0v) is 11.7. The van der Waals surface area contributed by atoms with Crippen LogP contribution < -0.4 is 8.43 Å². The van der Waals surface area contributed by atoms with Crippen LogP contribution in [0.15, 0.2) is 24.3 Å². The van der Waals surface area contributed by atoms with Crippen molar-refractivity contribution >= 4 is 34.8 Å². The fraction of sp³-hybridized carbons (Fsp3) is 0.400. The number of halogens is 1. The number of hydrogen-bond donors (Lipinski definition) is 0. The molecular formula is C10H14BrMgNO. The highest BCUT2D eigenvalue weighted by atomic mass is 79.9. The highest BCUT2D eigenvalue weighted by molar-refractivity contribution is 9.23. The van der Waals surface area contributed by atoms with Gasteiger partial charge in [0, 0.05) is 6.54 Å². The molecule has 14 heavy (non-hydrogen) atoms. The fourth-order valence-corrected chi connectivity index (χ4v) is 2.56. The minimum Gasteiger partial charge on any atom is -0.492 e. The second-order valence-corrected chi connectivity index (χ2v) is 6.20. The number of likely N-dealkylation sites (N-methyl/N-ethyl adjacent to an activating group) is 1. The van der Waals surface area contributed by atoms with Crippen LogP contribution in [-0.2, 0) is 0 Å². The van der Waals surface area contributed by atoms with E-state index in [1.807, 2.05) is 26.2 Å². The SMILES string of the molecule is CN(C)CCOc1cc[c]([Mg][Br])cc1. The molecule has 0 saturated heterocycles. The molecule has 1 rings (SSSR count). The molecule has 2 nitrogen and oxygen atoms in total. The molecule has 1 aromatic rings. The van der Waals surface area contributed by atoms with Gasteiger partial charge >= 0.3 is 18.2 Å². The van der Waals surface area contributed by atoms with Crippen LogP contribution in [0.4, 0.5) is 0 Å². The van der Waals surface area contributed by atoms with Crippen LogP contribution in [0, 0.1) is 0 Å². The van der Waals surface area contributed by atoms with Crippen LogP contribution in [0.2, 0.25) is 0 Å². The van der Waals surface area contributed by atoms with Gasteiger partial charge in [0.1, 0.15) is 12.4 Å². The van der Waals surface area contributed by atoms with Crippen molar-refractivity contribution < 1.29 is 4.74 Å². The Labute approximate surface area is 101 Å². The summed E-state index contributed by atoms with van der Waals surface area (Å²) in [6.07, 6.45) is 0. The summed E-state index contributed by atoms with van der Waals surface area (Å²) in [7, 11) is 4.09. The molecule has 0 unspecified atom stereocenters. The Hall–Kier alpha value is 0.226. The summed E-state index contributed by atoms with van der Waals surface area (Å²) in [5.74, 6) is 0.963. The third-order valence-corrected chi connectivity index (χ3v) is 4.61. The summed E-state index contributed by atoms with van der Waals surface area (Å²) in [6.45, 7) is 1.70. The summed E-state index contributed by atoms with van der Waals surface area (Å²) in [5, 5.41) is 0. The second-order valence-electron chi connectivity index (χ2n) is 3.43. The number of nitrogens with zero attached hydrogens (tertiary/aromatic N) is 1. The van der Waals surface area contributed by atoms with Crippen molar-refractivity contribution in [3.63, 3.8) is 0 Å². The van der Waals surface area contributed by atoms with Crippen LogP contribution in [0.3, 0.4) is 0 Å². The van der Waals surface area contributed by atoms with E-state index in [4.69, 9.17) is 4.74 Å². The average Bonchev–Trinajstić information content (AvgIpc) is 2.18. The fourth-order valence-electron chi connectivity index (χ4n) is 1.02. The molecule has 0 bridgehead atoms. The summed E-state index contributed by atoms with van der Waals surface area (Å²) in [6, 6.07) is 8.34. The lowest BCUT2D eigenvalue weighted by Gasteiger charge is -2.11. The number of hydrogen-bond acceptors (Lipinski definition) is 2. The van der Waals surface area contributed by atoms with E-state index < -0.39 is 0 Å². The third kappa shape index (κ3) is 4.64. The molecule has 0 aromatic heterocycles. The molecule has 1 aromatic carbocycles. The maximum Gasteiger partial charge on any atom is 0.506 e. The predicted octanol–water partition coefficient (Wildman–Crippen LogP) is 1.27. The molecule has 0 aliphatic heterocycles. The Morgan fingerprint density at radius 3 is 2.43 bits per heavy atom. The first-order valence-electron chi connectivity index (χ1n) is 4.65. The van der Waals surface area contributed by atoms with Crippen molar-refractivity contribution in [1.29, 1.82) is 0 Å². The molecule has 0 radical (unpaired) electrons. The molecule has 0 fully saturated rings. The van der Waals surface area contributed by atoms with Gasteiger partial charge in [-0.3, -0.25) is 12.9 Å². The van der Waals surface area contributed by atoms with E-state index in [9.17, 15) is 0 Å². The van der Waals surface area contributed by atoms with Crippen molar-refractivity contribution in [1.82, 2.24) is 4.90 Å². The molecule has 0 N–H and O–H groups in total. The number of benzene rings is 1. The monoisotopic (exact) mass is 267 g/mol. The average molecular weight is 268 g/mol. The summed E-state index contributed by atoms with van der Waals surface area (Å²) >= 11 is 3.34. The Morgan fingerprint density at radius 2 is 1.93 bits per heavy atom. The molecule has 0 aliphatic rings. The Balaban J connectivity index is 2.36. The molecular weight excluding hydrogens is 254 g/mol. The van der Waals surface area contributed by atoms with Crippen molar-refractivity contribution in [3.05, 3.63) is 24.3 Å². The first-order valence-corrected chi connectivity index (χ1v) is 9.25. The van der Waals surface area contributed by atoms with E-state index in [1.165, 1.54) is 3.69 Å². The summed E-state index contributed by atoms with van der Waals surface area (Å²) in [5.41, 5.74) is 0. The smallest absolute Gasteiger partial charge is 0.492 e. The molecule has 0 spiro atoms. The quantitative estimate of drug-likeness (QED) is 0.746. The molecule has 0 saturated carbocycles. The molecule has 0 amide bonds. The van der Waals surface area contributed by atoms with Crippen LogP contribution >= 0.6 is 12.9 Å². The van der Waals surface area contributed by atoms with Crippen LogP contribution in [0.1, 0.15) is 0 Å². The zero-order chi connectivity index (χ0) is 10.4. The molecule has 4 heteroatoms. The van der Waals surface area contributed by atoms with Gasteiger partial charge in [-0.15, -0.1) is 0 Å². The second kappa shape index (κ2) is 6.66. The van der Waals surface area contributed by atoms with Gasteiger partial charge in [-0.1, -0.05) is 12.1 Å². The normalized spacial score (nSPS) is 10.0. The topological polar surface area (TPSA) is 12.5 Å². The van der Waals surface area contributed by atoms with Gasteiger partial charge in [0.15, 0.2) is 0 Å². The highest BCUT2D eigenvalue weighted by Crippen LogP contribution is 2.07. The van der Waals surface area contributed by atoms with E-state index in [0.717, 1.165) is 18.9 Å². The van der Waals surface area contributed by atoms with Crippen molar-refractivity contribution in [2.75, 3.05) is 27.2 Å². The van der Waals surface area contributed by atoms with Crippen molar-refractivity contribution in [3.8, 4) is 5.75 Å². The maximum atomic E-state index is 5.57. The molecule has 0 heterocycles. The minimum absolute atomic E-state index is 0.208. The predicted molar refractivity (Wildman–Crippen MR) is 64.8 cm³/mol. The third-order valence-electron chi connectivity index (χ3n) is 1.88. The lowest BCUT2D eigenvalue weighted by Crippen LogP contribution is -2.19. The molecule has 74 valence electrons. The van der Waals surface area contributed by atoms with E-state index in [0.29, 0.717) is 0 Å². The van der Waals surface area contributed by atoms with E-state index >= 15 is 0 Å². The van der Waals surface area contributed by atoms with Crippen molar-refractivity contribution in [2.45, 2.75) is 0 Å². The Bertz CT molecular complexity index is 263. The largest absolute Gasteiger partial charge is 0.506 e. The summed E-state index contributed by atoms with van der Waals surface area (Å²) in [4.78, 5) is 2.11. The van der Waals surface area contributed by atoms with Gasteiger partial charge in [0.2, 0.25) is 0 Å². The van der Waals surface area contributed by atoms with Crippen LogP contribution in [0.25, 0.3) is 0 Å². The maximum absolute atomic E-state index is 5.57. The van der Waals surface area contributed by atoms with Gasteiger partial charge in [0.25, 0.3) is 0 Å². The minimum atomic E-state index is -0.208. The molecule has 0 atom stereocenters. The summed E-state index contributed by atoms with van der Waals surface area (Å²) < 4.78 is 6.98. The number of ether oxygens (including phenoxy) is 1. The standard InChI is InChI=1S/C10H14NO.BrH.Mg/c1-11(2)8-9-12-10-6-4-3-5-7-10;;/h4-7H,8-9H2,1-2H3;1H;/q;;+1/p-1. The highest BCUT2D eigenvalue weighted by Gasteiger charge is 1.96. The van der Waals surface area contributed by atoms with Gasteiger partial charge in [-0.05, 0) is 26.2 Å². The Kier molecular flexibility index (Phi) is 5.85. The Morgan fingerprint density at radius 1 is 1.29 bits per heavy atom. The molecule has 0 aliphatic carbocycles. The number of rotatable bonds is 5. The zero-order valence-electron chi connectivity index (χ0n) is 8.66. The first-order chi connectivity index (χ1) is 6.72. The van der Waals surface area contributed by atoms with Gasteiger partial charge in [-0.2, -0.15) is 3.69 Å². The lowest BCUT2D eigenvalue weighted by atomic mass is 10.3. The van der Waals surface area contributed by atoms with Gasteiger partial charge < -0.3 is 9.64 Å². The van der Waals surface area contributed by atoms with E-state index in [1.54, 1.807) is 0 Å². The van der Waals surface area contributed by atoms with Crippen LogP contribution in [-0.4, -0.2) is 50.3 Å². The van der Waals surface area contributed by atoms with Crippen molar-refractivity contribution in [2.24, 2.45) is 0 Å². The van der Waals surface area contributed by atoms with Gasteiger partial charge in [-0.25, -0.2) is 0 Å². The van der Waals surface area contributed by atoms with Crippen LogP contribution in [0.5, 0.6) is 5.75 Å². The van der Waals surface area contributed by atoms with E-state index in [-0.39, 0.29) is 18.2 Å². The van der Waals surface area contributed by atoms with E-state index in [2.05, 4.69) is 29.9 Å². The van der Waals surface area contributed by atoms with Gasteiger partial charge in [0.05, 0.1) is 0 Å². The first kappa shape index (κ1) is 12.3. The lowest BCUT2D eigenvalue weighted by molar-refractivity contribution is 0.261.